The van der Waals surface area contributed by atoms with Gasteiger partial charge in [-0.3, -0.25) is 4.79 Å². The Morgan fingerprint density at radius 3 is 2.46 bits per heavy atom. The van der Waals surface area contributed by atoms with E-state index < -0.39 is 5.41 Å². The monoisotopic (exact) mass is 361 g/mol. The van der Waals surface area contributed by atoms with Crippen molar-refractivity contribution in [3.63, 3.8) is 0 Å². The molecule has 0 aromatic heterocycles. The first-order valence-corrected chi connectivity index (χ1v) is 10.5. The number of nitrogens with one attached hydrogen (secondary N) is 1. The van der Waals surface area contributed by atoms with E-state index in [2.05, 4.69) is 15.4 Å². The first kappa shape index (κ1) is 17.3. The van der Waals surface area contributed by atoms with Crippen molar-refractivity contribution in [2.75, 3.05) is 26.2 Å². The van der Waals surface area contributed by atoms with Crippen molar-refractivity contribution in [3.8, 4) is 0 Å². The molecule has 1 spiro atoms. The standard InChI is InChI=1S/C20H31N3O3/c24-17(22-25)19-5-3-18(13-19,4-6-19)14-23-9-7-20(8-10-23)11-16(12-26-20)21-15-1-2-15/h15-16,21H,1-14H2. The van der Waals surface area contributed by atoms with Gasteiger partial charge in [-0.25, -0.2) is 0 Å². The van der Waals surface area contributed by atoms with Gasteiger partial charge in [0.05, 0.1) is 17.6 Å². The van der Waals surface area contributed by atoms with Crippen LogP contribution >= 0.6 is 0 Å². The van der Waals surface area contributed by atoms with E-state index in [1.54, 1.807) is 0 Å². The number of likely N-dealkylation sites (tertiary alicyclic amines) is 1. The van der Waals surface area contributed by atoms with Crippen molar-refractivity contribution >= 4 is 5.91 Å². The van der Waals surface area contributed by atoms with E-state index in [0.29, 0.717) is 6.04 Å². The number of piperidine rings is 1. The number of carbonyl (C=O) groups excluding carboxylic acids is 1. The molecule has 6 nitrogen and oxygen atoms in total. The highest BCUT2D eigenvalue weighted by molar-refractivity contribution is 5.84. The molecule has 3 aliphatic carbocycles. The summed E-state index contributed by atoms with van der Waals surface area (Å²) in [6, 6.07) is 1.31. The fraction of sp³-hybridized carbons (Fsp3) is 0.950. The van der Waals surface area contributed by atoms with Crippen LogP contribution < -0.4 is 5.32 Å². The first-order chi connectivity index (χ1) is 12.5. The number of rotatable bonds is 5. The Kier molecular flexibility index (Phi) is 4.03. The van der Waals surface area contributed by atoms with Gasteiger partial charge in [-0.05, 0) is 69.6 Å². The number of carbonyl (C=O) groups is 1. The van der Waals surface area contributed by atoms with Gasteiger partial charge in [0.1, 0.15) is 0 Å². The molecule has 1 atom stereocenters. The van der Waals surface area contributed by atoms with Gasteiger partial charge in [-0.15, -0.1) is 4.91 Å². The zero-order valence-electron chi connectivity index (χ0n) is 15.7. The van der Waals surface area contributed by atoms with Crippen LogP contribution in [0, 0.1) is 15.7 Å². The predicted octanol–water partition coefficient (Wildman–Crippen LogP) is 2.61. The highest BCUT2D eigenvalue weighted by Gasteiger charge is 2.59. The Bertz CT molecular complexity index is 587. The number of nitrogens with zero attached hydrogens (tertiary/aromatic N) is 2. The lowest BCUT2D eigenvalue weighted by Crippen LogP contribution is -2.47. The van der Waals surface area contributed by atoms with E-state index in [1.807, 2.05) is 0 Å². The second-order valence-electron chi connectivity index (χ2n) is 9.97. The number of hydrogen-bond acceptors (Lipinski definition) is 5. The maximum absolute atomic E-state index is 12.0. The Morgan fingerprint density at radius 1 is 1.08 bits per heavy atom. The molecule has 0 radical (unpaired) electrons. The molecule has 2 heterocycles. The summed E-state index contributed by atoms with van der Waals surface area (Å²) in [5.41, 5.74) is -0.0558. The lowest BCUT2D eigenvalue weighted by Gasteiger charge is -2.42. The van der Waals surface area contributed by atoms with E-state index in [4.69, 9.17) is 4.74 Å². The summed E-state index contributed by atoms with van der Waals surface area (Å²) in [5.74, 6) is -0.386. The van der Waals surface area contributed by atoms with Crippen LogP contribution in [0.2, 0.25) is 0 Å². The molecule has 6 heteroatoms. The topological polar surface area (TPSA) is 71.0 Å². The molecule has 0 aromatic carbocycles. The van der Waals surface area contributed by atoms with Gasteiger partial charge in [-0.2, -0.15) is 0 Å². The summed E-state index contributed by atoms with van der Waals surface area (Å²) < 4.78 is 6.28. The van der Waals surface area contributed by atoms with E-state index >= 15 is 0 Å². The smallest absolute Gasteiger partial charge is 0.292 e. The lowest BCUT2D eigenvalue weighted by molar-refractivity contribution is -0.127. The van der Waals surface area contributed by atoms with E-state index in [9.17, 15) is 9.70 Å². The summed E-state index contributed by atoms with van der Waals surface area (Å²) in [7, 11) is 0. The molecule has 5 fully saturated rings. The fourth-order valence-electron chi connectivity index (χ4n) is 6.41. The third-order valence-electron chi connectivity index (χ3n) is 8.10. The van der Waals surface area contributed by atoms with Crippen molar-refractivity contribution in [3.05, 3.63) is 4.91 Å². The van der Waals surface area contributed by atoms with E-state index in [0.717, 1.165) is 77.2 Å². The number of fused-ring (bicyclic) bond motifs is 2. The van der Waals surface area contributed by atoms with Crippen LogP contribution in [0.5, 0.6) is 0 Å². The first-order valence-electron chi connectivity index (χ1n) is 10.5. The van der Waals surface area contributed by atoms with Gasteiger partial charge in [0.25, 0.3) is 5.91 Å². The van der Waals surface area contributed by atoms with Gasteiger partial charge in [-0.1, -0.05) is 0 Å². The van der Waals surface area contributed by atoms with Crippen LogP contribution in [0.15, 0.2) is 5.18 Å². The van der Waals surface area contributed by atoms with Crippen LogP contribution in [-0.4, -0.2) is 54.7 Å². The molecular weight excluding hydrogens is 330 g/mol. The van der Waals surface area contributed by atoms with Gasteiger partial charge in [0, 0.05) is 36.9 Å². The predicted molar refractivity (Wildman–Crippen MR) is 97.7 cm³/mol. The molecule has 1 amide bonds. The summed E-state index contributed by atoms with van der Waals surface area (Å²) in [4.78, 5) is 25.4. The Hall–Kier alpha value is -0.850. The average Bonchev–Trinajstić information content (AvgIpc) is 3.12. The van der Waals surface area contributed by atoms with Crippen molar-refractivity contribution in [1.29, 1.82) is 0 Å². The average molecular weight is 361 g/mol. The maximum atomic E-state index is 12.0. The molecule has 2 aliphatic heterocycles. The molecule has 2 bridgehead atoms. The van der Waals surface area contributed by atoms with Gasteiger partial charge in [0.2, 0.25) is 0 Å². The minimum absolute atomic E-state index is 0.104. The molecule has 144 valence electrons. The van der Waals surface area contributed by atoms with E-state index in [-0.39, 0.29) is 16.9 Å². The molecule has 2 saturated heterocycles. The molecule has 3 saturated carbocycles. The number of hydrogen-bond donors (Lipinski definition) is 1. The third kappa shape index (κ3) is 2.94. The number of amides is 1. The van der Waals surface area contributed by atoms with Crippen molar-refractivity contribution in [2.24, 2.45) is 16.0 Å². The quantitative estimate of drug-likeness (QED) is 0.762. The number of nitroso groups, excluding NO2 is 1. The van der Waals surface area contributed by atoms with Crippen LogP contribution in [0.3, 0.4) is 0 Å². The van der Waals surface area contributed by atoms with Gasteiger partial charge < -0.3 is 15.0 Å². The van der Waals surface area contributed by atoms with Crippen LogP contribution in [-0.2, 0) is 9.53 Å². The van der Waals surface area contributed by atoms with Crippen LogP contribution in [0.4, 0.5) is 0 Å². The Balaban J connectivity index is 1.15. The van der Waals surface area contributed by atoms with E-state index in [1.165, 1.54) is 19.3 Å². The molecule has 1 unspecified atom stereocenters. The fourth-order valence-corrected chi connectivity index (χ4v) is 6.41. The Morgan fingerprint density at radius 2 is 1.81 bits per heavy atom. The summed E-state index contributed by atoms with van der Waals surface area (Å²) >= 11 is 0. The largest absolute Gasteiger partial charge is 0.373 e. The van der Waals surface area contributed by atoms with Crippen molar-refractivity contribution < 1.29 is 9.53 Å². The second kappa shape index (κ2) is 6.08. The van der Waals surface area contributed by atoms with Crippen molar-refractivity contribution in [1.82, 2.24) is 10.2 Å². The highest BCUT2D eigenvalue weighted by Crippen LogP contribution is 2.62. The number of ether oxygens (including phenoxy) is 1. The molecule has 5 aliphatic rings. The minimum Gasteiger partial charge on any atom is -0.373 e. The molecule has 26 heavy (non-hydrogen) atoms. The second-order valence-corrected chi connectivity index (χ2v) is 9.97. The minimum atomic E-state index is -0.408. The SMILES string of the molecule is O=NC(=O)C12CCC(CN3CCC4(CC3)CC(NC3CC3)CO4)(CC1)C2. The highest BCUT2D eigenvalue weighted by atomic mass is 16.5. The lowest BCUT2D eigenvalue weighted by atomic mass is 9.80. The summed E-state index contributed by atoms with van der Waals surface area (Å²) in [6.45, 7) is 4.17. The maximum Gasteiger partial charge on any atom is 0.292 e. The normalized spacial score (nSPS) is 41.8. The van der Waals surface area contributed by atoms with Gasteiger partial charge in [0.15, 0.2) is 0 Å². The third-order valence-corrected chi connectivity index (χ3v) is 8.10. The summed E-state index contributed by atoms with van der Waals surface area (Å²) in [6.07, 6.45) is 10.9. The molecule has 5 rings (SSSR count). The van der Waals surface area contributed by atoms with Gasteiger partial charge >= 0.3 is 0 Å². The molecule has 0 aromatic rings. The molecular formula is C20H31N3O3. The van der Waals surface area contributed by atoms with Crippen molar-refractivity contribution in [2.45, 2.75) is 81.9 Å². The zero-order chi connectivity index (χ0) is 17.8. The van der Waals surface area contributed by atoms with Crippen LogP contribution in [0.25, 0.3) is 0 Å². The summed E-state index contributed by atoms with van der Waals surface area (Å²) in [5, 5.41) is 6.50. The molecule has 1 N–H and O–H groups in total. The Labute approximate surface area is 155 Å². The zero-order valence-corrected chi connectivity index (χ0v) is 15.7. The van der Waals surface area contributed by atoms with Crippen LogP contribution in [0.1, 0.15) is 64.2 Å².